The van der Waals surface area contributed by atoms with E-state index in [1.807, 2.05) is 47.6 Å². The maximum absolute atomic E-state index is 14.5. The van der Waals surface area contributed by atoms with Crippen LogP contribution in [0.1, 0.15) is 60.5 Å². The Hall–Kier alpha value is -0.880. The first-order valence-corrected chi connectivity index (χ1v) is 11.6. The molecule has 0 saturated heterocycles. The standard InChI is InChI=1S/C21H33FO3S2/c1-8-25-18(23)20(5,6)26-14-13-21(7,15-27(24)19(2,3)4)16-11-9-10-12-17(16)22/h9-12H,8,13-15H2,1-7H3/t21-,27-/m1/s1. The molecular weight excluding hydrogens is 383 g/mol. The number of halogens is 1. The zero-order chi connectivity index (χ0) is 20.9. The van der Waals surface area contributed by atoms with E-state index in [9.17, 15) is 13.4 Å². The van der Waals surface area contributed by atoms with Crippen LogP contribution in [0.25, 0.3) is 0 Å². The van der Waals surface area contributed by atoms with Crippen LogP contribution in [0.5, 0.6) is 0 Å². The fourth-order valence-corrected chi connectivity index (χ4v) is 5.19. The molecule has 154 valence electrons. The SMILES string of the molecule is CCOC(=O)C(C)(C)SCC[C@](C)(C[S@@](=O)C(C)(C)C)c1ccccc1F. The molecule has 0 saturated carbocycles. The molecule has 1 aromatic rings. The van der Waals surface area contributed by atoms with Gasteiger partial charge in [0.2, 0.25) is 0 Å². The lowest BCUT2D eigenvalue weighted by Gasteiger charge is -2.34. The minimum Gasteiger partial charge on any atom is -0.465 e. The molecule has 0 N–H and O–H groups in total. The number of benzene rings is 1. The predicted octanol–water partition coefficient (Wildman–Crippen LogP) is 5.10. The molecule has 0 heterocycles. The van der Waals surface area contributed by atoms with Gasteiger partial charge in [-0.15, -0.1) is 11.8 Å². The Bertz CT molecular complexity index is 668. The average Bonchev–Trinajstić information content (AvgIpc) is 2.54. The minimum atomic E-state index is -1.12. The number of ether oxygens (including phenoxy) is 1. The average molecular weight is 417 g/mol. The lowest BCUT2D eigenvalue weighted by atomic mass is 9.81. The normalized spacial score (nSPS) is 15.9. The van der Waals surface area contributed by atoms with Gasteiger partial charge in [0.1, 0.15) is 10.6 Å². The molecule has 0 bridgehead atoms. The van der Waals surface area contributed by atoms with Crippen molar-refractivity contribution in [3.05, 3.63) is 35.6 Å². The lowest BCUT2D eigenvalue weighted by molar-refractivity contribution is -0.145. The number of carbonyl (C=O) groups excluding carboxylic acids is 1. The summed E-state index contributed by atoms with van der Waals surface area (Å²) in [6.45, 7) is 13.6. The number of hydrogen-bond donors (Lipinski definition) is 0. The van der Waals surface area contributed by atoms with E-state index in [2.05, 4.69) is 0 Å². The van der Waals surface area contributed by atoms with Gasteiger partial charge in [0.05, 0.1) is 6.61 Å². The van der Waals surface area contributed by atoms with Crippen molar-refractivity contribution in [3.63, 3.8) is 0 Å². The summed E-state index contributed by atoms with van der Waals surface area (Å²) in [5.41, 5.74) is -0.00143. The smallest absolute Gasteiger partial charge is 0.321 e. The van der Waals surface area contributed by atoms with E-state index in [-0.39, 0.29) is 16.5 Å². The summed E-state index contributed by atoms with van der Waals surface area (Å²) in [5.74, 6) is 0.483. The molecule has 0 aliphatic heterocycles. The summed E-state index contributed by atoms with van der Waals surface area (Å²) in [4.78, 5) is 12.1. The Morgan fingerprint density at radius 1 is 1.15 bits per heavy atom. The van der Waals surface area contributed by atoms with E-state index in [4.69, 9.17) is 4.74 Å². The van der Waals surface area contributed by atoms with E-state index in [1.54, 1.807) is 19.1 Å². The number of esters is 1. The Morgan fingerprint density at radius 2 is 1.74 bits per heavy atom. The second kappa shape index (κ2) is 9.55. The van der Waals surface area contributed by atoms with Gasteiger partial charge in [-0.25, -0.2) is 4.39 Å². The van der Waals surface area contributed by atoms with Gasteiger partial charge >= 0.3 is 5.97 Å². The van der Waals surface area contributed by atoms with Gasteiger partial charge in [0.15, 0.2) is 0 Å². The molecule has 1 aromatic carbocycles. The zero-order valence-electron chi connectivity index (χ0n) is 17.6. The molecule has 0 fully saturated rings. The molecule has 0 aliphatic rings. The number of hydrogen-bond acceptors (Lipinski definition) is 4. The third kappa shape index (κ3) is 6.90. The maximum Gasteiger partial charge on any atom is 0.321 e. The van der Waals surface area contributed by atoms with Gasteiger partial charge in [-0.2, -0.15) is 0 Å². The van der Waals surface area contributed by atoms with E-state index < -0.39 is 21.0 Å². The van der Waals surface area contributed by atoms with Gasteiger partial charge in [-0.1, -0.05) is 25.1 Å². The molecule has 0 unspecified atom stereocenters. The molecule has 0 radical (unpaired) electrons. The van der Waals surface area contributed by atoms with E-state index >= 15 is 0 Å². The third-order valence-electron chi connectivity index (χ3n) is 4.54. The highest BCUT2D eigenvalue weighted by molar-refractivity contribution is 8.01. The van der Waals surface area contributed by atoms with Crippen LogP contribution in [0.4, 0.5) is 4.39 Å². The molecule has 0 spiro atoms. The summed E-state index contributed by atoms with van der Waals surface area (Å²) in [5, 5.41) is 0. The summed E-state index contributed by atoms with van der Waals surface area (Å²) in [6.07, 6.45) is 0.614. The van der Waals surface area contributed by atoms with Crippen LogP contribution < -0.4 is 0 Å². The van der Waals surface area contributed by atoms with Crippen molar-refractivity contribution in [1.82, 2.24) is 0 Å². The molecule has 0 amide bonds. The van der Waals surface area contributed by atoms with Crippen molar-refractivity contribution < 1.29 is 18.1 Å². The fourth-order valence-electron chi connectivity index (χ4n) is 2.64. The van der Waals surface area contributed by atoms with Gasteiger partial charge in [-0.05, 0) is 65.3 Å². The summed E-state index contributed by atoms with van der Waals surface area (Å²) >= 11 is 1.49. The van der Waals surface area contributed by atoms with Crippen LogP contribution in [-0.2, 0) is 25.7 Å². The highest BCUT2D eigenvalue weighted by atomic mass is 32.2. The van der Waals surface area contributed by atoms with Crippen LogP contribution in [0.15, 0.2) is 24.3 Å². The van der Waals surface area contributed by atoms with E-state index in [1.165, 1.54) is 17.8 Å². The molecule has 27 heavy (non-hydrogen) atoms. The van der Waals surface area contributed by atoms with Gasteiger partial charge in [0, 0.05) is 26.7 Å². The minimum absolute atomic E-state index is 0.249. The zero-order valence-corrected chi connectivity index (χ0v) is 19.2. The van der Waals surface area contributed by atoms with Crippen LogP contribution in [0.3, 0.4) is 0 Å². The molecular formula is C21H33FO3S2. The first-order valence-electron chi connectivity index (χ1n) is 9.28. The van der Waals surface area contributed by atoms with Crippen LogP contribution in [0.2, 0.25) is 0 Å². The van der Waals surface area contributed by atoms with E-state index in [0.717, 1.165) is 0 Å². The summed E-state index contributed by atoms with van der Waals surface area (Å²) < 4.78 is 31.5. The van der Waals surface area contributed by atoms with Crippen molar-refractivity contribution in [2.75, 3.05) is 18.1 Å². The summed E-state index contributed by atoms with van der Waals surface area (Å²) in [6, 6.07) is 6.70. The van der Waals surface area contributed by atoms with Crippen molar-refractivity contribution in [1.29, 1.82) is 0 Å². The van der Waals surface area contributed by atoms with Gasteiger partial charge in [-0.3, -0.25) is 9.00 Å². The quantitative estimate of drug-likeness (QED) is 0.526. The second-order valence-corrected chi connectivity index (χ2v) is 12.4. The molecule has 0 aromatic heterocycles. The highest BCUT2D eigenvalue weighted by Gasteiger charge is 2.36. The van der Waals surface area contributed by atoms with Crippen molar-refractivity contribution in [2.45, 2.75) is 69.8 Å². The van der Waals surface area contributed by atoms with Crippen molar-refractivity contribution in [3.8, 4) is 0 Å². The van der Waals surface area contributed by atoms with Crippen LogP contribution >= 0.6 is 11.8 Å². The van der Waals surface area contributed by atoms with Crippen molar-refractivity contribution in [2.24, 2.45) is 0 Å². The Balaban J connectivity index is 3.01. The third-order valence-corrected chi connectivity index (χ3v) is 8.10. The first kappa shape index (κ1) is 24.2. The number of thioether (sulfide) groups is 1. The van der Waals surface area contributed by atoms with E-state index in [0.29, 0.717) is 30.1 Å². The fraction of sp³-hybridized carbons (Fsp3) is 0.667. The molecule has 1 rings (SSSR count). The van der Waals surface area contributed by atoms with Crippen LogP contribution in [-0.4, -0.2) is 37.8 Å². The molecule has 2 atom stereocenters. The maximum atomic E-state index is 14.5. The summed E-state index contributed by atoms with van der Waals surface area (Å²) in [7, 11) is -1.12. The Kier molecular flexibility index (Phi) is 8.54. The molecule has 6 heteroatoms. The molecule has 0 aliphatic carbocycles. The Labute approximate surface area is 170 Å². The van der Waals surface area contributed by atoms with Gasteiger partial charge < -0.3 is 4.74 Å². The largest absolute Gasteiger partial charge is 0.465 e. The number of carbonyl (C=O) groups is 1. The lowest BCUT2D eigenvalue weighted by Crippen LogP contribution is -2.38. The highest BCUT2D eigenvalue weighted by Crippen LogP contribution is 2.36. The monoisotopic (exact) mass is 416 g/mol. The second-order valence-electron chi connectivity index (χ2n) is 8.47. The van der Waals surface area contributed by atoms with Crippen LogP contribution in [0, 0.1) is 5.82 Å². The topological polar surface area (TPSA) is 43.4 Å². The Morgan fingerprint density at radius 3 is 2.26 bits per heavy atom. The predicted molar refractivity (Wildman–Crippen MR) is 114 cm³/mol. The first-order chi connectivity index (χ1) is 12.3. The molecule has 3 nitrogen and oxygen atoms in total. The number of rotatable bonds is 9. The van der Waals surface area contributed by atoms with Gasteiger partial charge in [0.25, 0.3) is 0 Å². The van der Waals surface area contributed by atoms with Crippen molar-refractivity contribution >= 4 is 28.5 Å².